The van der Waals surface area contributed by atoms with Crippen LogP contribution in [0.5, 0.6) is 0 Å². The van der Waals surface area contributed by atoms with Gasteiger partial charge in [-0.05, 0) is 78.8 Å². The van der Waals surface area contributed by atoms with E-state index in [0.29, 0.717) is 17.0 Å². The van der Waals surface area contributed by atoms with Crippen LogP contribution < -0.4 is 0 Å². The molecule has 0 heterocycles. The highest BCUT2D eigenvalue weighted by Gasteiger charge is 2.30. The molecule has 0 bridgehead atoms. The van der Waals surface area contributed by atoms with Crippen molar-refractivity contribution in [1.29, 1.82) is 0 Å². The first-order valence-electron chi connectivity index (χ1n) is 12.2. The maximum atomic E-state index is 13.3. The van der Waals surface area contributed by atoms with Crippen LogP contribution in [0.1, 0.15) is 71.1 Å². The number of rotatable bonds is 12. The van der Waals surface area contributed by atoms with Crippen LogP contribution in [-0.4, -0.2) is 5.78 Å². The molecule has 0 aliphatic rings. The van der Waals surface area contributed by atoms with Crippen LogP contribution in [0.3, 0.4) is 0 Å². The number of benzene rings is 3. The van der Waals surface area contributed by atoms with Crippen molar-refractivity contribution in [3.8, 4) is 0 Å². The van der Waals surface area contributed by atoms with Crippen LogP contribution in [0.25, 0.3) is 6.08 Å². The fraction of sp³-hybridized carbons (Fsp3) is 0.300. The lowest BCUT2D eigenvalue weighted by molar-refractivity contribution is -0.137. The minimum absolute atomic E-state index is 0.199. The van der Waals surface area contributed by atoms with Gasteiger partial charge in [0.2, 0.25) is 0 Å². The Kier molecular flexibility index (Phi) is 10.6. The van der Waals surface area contributed by atoms with Gasteiger partial charge in [0.15, 0.2) is 5.78 Å². The van der Waals surface area contributed by atoms with Crippen molar-refractivity contribution in [2.45, 2.75) is 57.5 Å². The Morgan fingerprint density at radius 2 is 1.44 bits per heavy atom. The average Bonchev–Trinajstić information content (AvgIpc) is 2.84. The van der Waals surface area contributed by atoms with Gasteiger partial charge in [0.25, 0.3) is 0 Å². The molecule has 0 amide bonds. The molecule has 0 N–H and O–H groups in total. The molecule has 36 heavy (non-hydrogen) atoms. The van der Waals surface area contributed by atoms with E-state index in [1.165, 1.54) is 42.3 Å². The molecule has 0 saturated carbocycles. The van der Waals surface area contributed by atoms with Crippen molar-refractivity contribution in [3.63, 3.8) is 0 Å². The van der Waals surface area contributed by atoms with E-state index in [-0.39, 0.29) is 10.6 Å². The summed E-state index contributed by atoms with van der Waals surface area (Å²) in [5.41, 5.74) is 2.06. The van der Waals surface area contributed by atoms with Crippen molar-refractivity contribution in [2.75, 3.05) is 0 Å². The third-order valence-corrected chi connectivity index (χ3v) is 6.64. The smallest absolute Gasteiger partial charge is 0.289 e. The molecule has 190 valence electrons. The maximum absolute atomic E-state index is 13.3. The second-order valence-electron chi connectivity index (χ2n) is 8.84. The third kappa shape index (κ3) is 8.83. The Hall–Kier alpha value is -2.56. The lowest BCUT2D eigenvalue weighted by atomic mass is 9.97. The van der Waals surface area contributed by atoms with Gasteiger partial charge in [-0.1, -0.05) is 91.4 Å². The monoisotopic (exact) mass is 532 g/mol. The molecule has 0 radical (unpaired) electrons. The summed E-state index contributed by atoms with van der Waals surface area (Å²) in [6.07, 6.45) is 6.43. The first-order chi connectivity index (χ1) is 17.2. The second kappa shape index (κ2) is 13.7. The molecule has 0 fully saturated rings. The van der Waals surface area contributed by atoms with Crippen molar-refractivity contribution in [3.05, 3.63) is 111 Å². The van der Waals surface area contributed by atoms with E-state index in [0.717, 1.165) is 56.2 Å². The number of aryl methyl sites for hydroxylation is 2. The Bertz CT molecular complexity index is 1170. The second-order valence-corrected chi connectivity index (χ2v) is 9.68. The summed E-state index contributed by atoms with van der Waals surface area (Å²) in [4.78, 5) is 12.6. The SMILES string of the molecule is O=C(C=Cc1cc(C(F)(F)F)ccc1CCCCCCCCc1ccccc1)c1ccc(Cl)cc1Cl. The predicted molar refractivity (Wildman–Crippen MR) is 143 cm³/mol. The molecule has 0 unspecified atom stereocenters. The van der Waals surface area contributed by atoms with Crippen molar-refractivity contribution < 1.29 is 18.0 Å². The predicted octanol–water partition coefficient (Wildman–Crippen LogP) is 10.0. The molecule has 6 heteroatoms. The standard InChI is InChI=1S/C30H29Cl2F3O/c31-26-17-18-27(28(32)21-26)29(36)19-15-24-20-25(30(33,34)35)16-14-23(24)13-9-4-2-1-3-6-10-22-11-7-5-8-12-22/h5,7-8,11-12,14-21H,1-4,6,9-10,13H2. The molecule has 0 aliphatic carbocycles. The molecule has 0 atom stereocenters. The number of ketones is 1. The van der Waals surface area contributed by atoms with Gasteiger partial charge >= 0.3 is 6.18 Å². The van der Waals surface area contributed by atoms with Gasteiger partial charge in [-0.2, -0.15) is 13.2 Å². The summed E-state index contributed by atoms with van der Waals surface area (Å²) in [5.74, 6) is -0.393. The zero-order chi connectivity index (χ0) is 26.0. The molecule has 0 aromatic heterocycles. The van der Waals surface area contributed by atoms with Gasteiger partial charge in [-0.15, -0.1) is 0 Å². The number of allylic oxidation sites excluding steroid dienone is 1. The highest BCUT2D eigenvalue weighted by molar-refractivity contribution is 6.37. The summed E-state index contributed by atoms with van der Waals surface area (Å²) in [7, 11) is 0. The quantitative estimate of drug-likeness (QED) is 0.129. The van der Waals surface area contributed by atoms with E-state index in [4.69, 9.17) is 23.2 Å². The van der Waals surface area contributed by atoms with Crippen molar-refractivity contribution in [2.24, 2.45) is 0 Å². The highest BCUT2D eigenvalue weighted by atomic mass is 35.5. The van der Waals surface area contributed by atoms with Crippen molar-refractivity contribution in [1.82, 2.24) is 0 Å². The fourth-order valence-corrected chi connectivity index (χ4v) is 4.60. The number of hydrogen-bond acceptors (Lipinski definition) is 1. The number of unbranched alkanes of at least 4 members (excludes halogenated alkanes) is 5. The Morgan fingerprint density at radius 1 is 0.778 bits per heavy atom. The first kappa shape index (κ1) is 28.0. The summed E-state index contributed by atoms with van der Waals surface area (Å²) >= 11 is 12.0. The van der Waals surface area contributed by atoms with Gasteiger partial charge in [0, 0.05) is 10.6 Å². The zero-order valence-electron chi connectivity index (χ0n) is 20.0. The molecule has 0 aliphatic heterocycles. The van der Waals surface area contributed by atoms with Gasteiger partial charge in [0.05, 0.1) is 10.6 Å². The maximum Gasteiger partial charge on any atom is 0.416 e. The van der Waals surface area contributed by atoms with Crippen molar-refractivity contribution >= 4 is 35.1 Å². The Labute approximate surface area is 220 Å². The lowest BCUT2D eigenvalue weighted by Crippen LogP contribution is -2.06. The highest BCUT2D eigenvalue weighted by Crippen LogP contribution is 2.31. The summed E-state index contributed by atoms with van der Waals surface area (Å²) in [6.45, 7) is 0. The largest absolute Gasteiger partial charge is 0.416 e. The topological polar surface area (TPSA) is 17.1 Å². The zero-order valence-corrected chi connectivity index (χ0v) is 21.5. The van der Waals surface area contributed by atoms with E-state index in [9.17, 15) is 18.0 Å². The molecule has 3 aromatic rings. The summed E-state index contributed by atoms with van der Waals surface area (Å²) < 4.78 is 39.9. The van der Waals surface area contributed by atoms with E-state index >= 15 is 0 Å². The molecular weight excluding hydrogens is 504 g/mol. The first-order valence-corrected chi connectivity index (χ1v) is 12.9. The minimum atomic E-state index is -4.45. The fourth-order valence-electron chi connectivity index (χ4n) is 4.09. The van der Waals surface area contributed by atoms with Crippen LogP contribution in [0.4, 0.5) is 13.2 Å². The van der Waals surface area contributed by atoms with E-state index in [2.05, 4.69) is 24.3 Å². The lowest BCUT2D eigenvalue weighted by Gasteiger charge is -2.12. The molecule has 0 saturated heterocycles. The molecule has 0 spiro atoms. The van der Waals surface area contributed by atoms with Crippen LogP contribution >= 0.6 is 23.2 Å². The number of alkyl halides is 3. The molecule has 1 nitrogen and oxygen atoms in total. The number of hydrogen-bond donors (Lipinski definition) is 0. The van der Waals surface area contributed by atoms with Gasteiger partial charge in [-0.3, -0.25) is 4.79 Å². The number of carbonyl (C=O) groups excluding carboxylic acids is 1. The van der Waals surface area contributed by atoms with E-state index in [1.54, 1.807) is 6.07 Å². The van der Waals surface area contributed by atoms with E-state index < -0.39 is 17.5 Å². The van der Waals surface area contributed by atoms with E-state index in [1.807, 2.05) is 6.07 Å². The van der Waals surface area contributed by atoms with Crippen LogP contribution in [0, 0.1) is 0 Å². The van der Waals surface area contributed by atoms with Gasteiger partial charge < -0.3 is 0 Å². The average molecular weight is 533 g/mol. The van der Waals surface area contributed by atoms with Crippen LogP contribution in [0.2, 0.25) is 10.0 Å². The normalized spacial score (nSPS) is 11.8. The van der Waals surface area contributed by atoms with Crippen LogP contribution in [0.15, 0.2) is 72.8 Å². The van der Waals surface area contributed by atoms with Gasteiger partial charge in [-0.25, -0.2) is 0 Å². The Balaban J connectivity index is 1.56. The summed E-state index contributed by atoms with van der Waals surface area (Å²) in [6, 6.07) is 18.7. The molecule has 3 aromatic carbocycles. The van der Waals surface area contributed by atoms with Gasteiger partial charge in [0.1, 0.15) is 0 Å². The minimum Gasteiger partial charge on any atom is -0.289 e. The Morgan fingerprint density at radius 3 is 2.11 bits per heavy atom. The summed E-state index contributed by atoms with van der Waals surface area (Å²) in [5, 5.41) is 0.599. The molecular formula is C30H29Cl2F3O. The molecule has 3 rings (SSSR count). The number of carbonyl (C=O) groups is 1. The van der Waals surface area contributed by atoms with Crippen LogP contribution in [-0.2, 0) is 19.0 Å². The number of halogens is 5. The third-order valence-electron chi connectivity index (χ3n) is 6.09.